The minimum Gasteiger partial charge on any atom is -0.444 e. The molecule has 1 N–H and O–H groups in total. The average molecular weight is 405 g/mol. The Kier molecular flexibility index (Phi) is 5.27. The maximum atomic E-state index is 12.3. The van der Waals surface area contributed by atoms with Crippen LogP contribution in [0.15, 0.2) is 39.4 Å². The summed E-state index contributed by atoms with van der Waals surface area (Å²) in [6.45, 7) is 5.04. The maximum Gasteiger partial charge on any atom is 0.291 e. The molecule has 0 spiro atoms. The van der Waals surface area contributed by atoms with Crippen molar-refractivity contribution in [2.24, 2.45) is 5.92 Å². The van der Waals surface area contributed by atoms with E-state index in [4.69, 9.17) is 4.42 Å². The second-order valence-electron chi connectivity index (χ2n) is 6.63. The second-order valence-corrected chi connectivity index (χ2v) is 7.41. The van der Waals surface area contributed by atoms with Gasteiger partial charge in [-0.3, -0.25) is 9.59 Å². The lowest BCUT2D eigenvalue weighted by atomic mass is 9.99. The Hall–Kier alpha value is -2.08. The van der Waals surface area contributed by atoms with Gasteiger partial charge in [-0.15, -0.1) is 0 Å². The highest BCUT2D eigenvalue weighted by molar-refractivity contribution is 9.10. The summed E-state index contributed by atoms with van der Waals surface area (Å²) >= 11 is 3.19. The summed E-state index contributed by atoms with van der Waals surface area (Å²) in [6.07, 6.45) is 2.17. The van der Waals surface area contributed by atoms with Crippen LogP contribution in [0.1, 0.15) is 42.8 Å². The van der Waals surface area contributed by atoms with Crippen molar-refractivity contribution in [2.75, 3.05) is 16.8 Å². The number of nitrogens with zero attached hydrogens (tertiary/aromatic N) is 1. The summed E-state index contributed by atoms with van der Waals surface area (Å²) in [7, 11) is 0. The van der Waals surface area contributed by atoms with Crippen molar-refractivity contribution in [3.8, 4) is 0 Å². The standard InChI is InChI=1S/C19H21BrN2O3/c1-12(2)9-10-22-15-5-4-14(11-13(15)3-8-18(22)23)21-19(24)16-6-7-17(20)25-16/h4-7,11-12H,3,8-10H2,1-2H3,(H,21,24). The highest BCUT2D eigenvalue weighted by atomic mass is 79.9. The van der Waals surface area contributed by atoms with Gasteiger partial charge in [0.05, 0.1) is 0 Å². The van der Waals surface area contributed by atoms with Crippen LogP contribution in [0.5, 0.6) is 0 Å². The molecular formula is C19H21BrN2O3. The lowest BCUT2D eigenvalue weighted by Crippen LogP contribution is -2.36. The number of rotatable bonds is 5. The molecular weight excluding hydrogens is 384 g/mol. The average Bonchev–Trinajstić information content (AvgIpc) is 3.00. The molecule has 0 atom stereocenters. The van der Waals surface area contributed by atoms with Gasteiger partial charge in [0.25, 0.3) is 5.91 Å². The summed E-state index contributed by atoms with van der Waals surface area (Å²) in [4.78, 5) is 26.3. The van der Waals surface area contributed by atoms with Crippen molar-refractivity contribution in [1.29, 1.82) is 0 Å². The number of aryl methyl sites for hydroxylation is 1. The SMILES string of the molecule is CC(C)CCN1C(=O)CCc2cc(NC(=O)c3ccc(Br)o3)ccc21. The molecule has 1 aliphatic heterocycles. The zero-order valence-corrected chi connectivity index (χ0v) is 15.9. The Labute approximate surface area is 155 Å². The number of halogens is 1. The molecule has 1 aliphatic rings. The Morgan fingerprint density at radius 3 is 2.76 bits per heavy atom. The van der Waals surface area contributed by atoms with Gasteiger partial charge < -0.3 is 14.6 Å². The van der Waals surface area contributed by atoms with E-state index in [0.717, 1.165) is 24.2 Å². The fourth-order valence-electron chi connectivity index (χ4n) is 2.90. The minimum absolute atomic E-state index is 0.172. The Bertz CT molecular complexity index is 798. The van der Waals surface area contributed by atoms with Crippen molar-refractivity contribution in [3.05, 3.63) is 46.3 Å². The third-order valence-electron chi connectivity index (χ3n) is 4.26. The number of benzene rings is 1. The van der Waals surface area contributed by atoms with Crippen LogP contribution < -0.4 is 10.2 Å². The highest BCUT2D eigenvalue weighted by Crippen LogP contribution is 2.31. The first-order valence-corrected chi connectivity index (χ1v) is 9.23. The molecule has 3 rings (SSSR count). The van der Waals surface area contributed by atoms with Gasteiger partial charge in [0, 0.05) is 24.3 Å². The summed E-state index contributed by atoms with van der Waals surface area (Å²) in [5.41, 5.74) is 2.74. The molecule has 5 nitrogen and oxygen atoms in total. The first kappa shape index (κ1) is 17.7. The lowest BCUT2D eigenvalue weighted by molar-refractivity contribution is -0.118. The first-order valence-electron chi connectivity index (χ1n) is 8.44. The number of nitrogens with one attached hydrogen (secondary N) is 1. The number of hydrogen-bond acceptors (Lipinski definition) is 3. The van der Waals surface area contributed by atoms with Gasteiger partial charge in [-0.2, -0.15) is 0 Å². The van der Waals surface area contributed by atoms with Crippen LogP contribution in [0, 0.1) is 5.92 Å². The van der Waals surface area contributed by atoms with E-state index < -0.39 is 0 Å². The van der Waals surface area contributed by atoms with E-state index in [0.29, 0.717) is 29.1 Å². The van der Waals surface area contributed by atoms with E-state index in [1.807, 2.05) is 23.1 Å². The monoisotopic (exact) mass is 404 g/mol. The summed E-state index contributed by atoms with van der Waals surface area (Å²) < 4.78 is 5.78. The number of furan rings is 1. The van der Waals surface area contributed by atoms with Crippen LogP contribution in [0.4, 0.5) is 11.4 Å². The van der Waals surface area contributed by atoms with Crippen molar-refractivity contribution in [1.82, 2.24) is 0 Å². The Morgan fingerprint density at radius 1 is 1.28 bits per heavy atom. The van der Waals surface area contributed by atoms with E-state index in [1.165, 1.54) is 0 Å². The number of fused-ring (bicyclic) bond motifs is 1. The number of hydrogen-bond donors (Lipinski definition) is 1. The summed E-state index contributed by atoms with van der Waals surface area (Å²) in [5.74, 6) is 0.669. The quantitative estimate of drug-likeness (QED) is 0.790. The van der Waals surface area contributed by atoms with Crippen LogP contribution in [0.25, 0.3) is 0 Å². The van der Waals surface area contributed by atoms with E-state index >= 15 is 0 Å². The first-order chi connectivity index (χ1) is 11.9. The molecule has 2 aromatic rings. The minimum atomic E-state index is -0.297. The van der Waals surface area contributed by atoms with E-state index in [-0.39, 0.29) is 17.6 Å². The normalized spacial score (nSPS) is 13.9. The summed E-state index contributed by atoms with van der Waals surface area (Å²) in [5, 5.41) is 2.84. The fraction of sp³-hybridized carbons (Fsp3) is 0.368. The Balaban J connectivity index is 1.77. The molecule has 2 amide bonds. The molecule has 0 fully saturated rings. The van der Waals surface area contributed by atoms with Crippen molar-refractivity contribution >= 4 is 39.1 Å². The number of anilines is 2. The molecule has 132 valence electrons. The molecule has 0 bridgehead atoms. The van der Waals surface area contributed by atoms with Crippen LogP contribution in [-0.4, -0.2) is 18.4 Å². The van der Waals surface area contributed by atoms with Crippen LogP contribution in [0.2, 0.25) is 0 Å². The molecule has 0 saturated heterocycles. The smallest absolute Gasteiger partial charge is 0.291 e. The van der Waals surface area contributed by atoms with E-state index in [9.17, 15) is 9.59 Å². The number of amides is 2. The molecule has 1 aromatic carbocycles. The van der Waals surface area contributed by atoms with Crippen molar-refractivity contribution in [2.45, 2.75) is 33.1 Å². The summed E-state index contributed by atoms with van der Waals surface area (Å²) in [6, 6.07) is 8.99. The predicted molar refractivity (Wildman–Crippen MR) is 101 cm³/mol. The van der Waals surface area contributed by atoms with Crippen LogP contribution >= 0.6 is 15.9 Å². The van der Waals surface area contributed by atoms with E-state index in [1.54, 1.807) is 12.1 Å². The molecule has 0 aliphatic carbocycles. The zero-order chi connectivity index (χ0) is 18.0. The molecule has 1 aromatic heterocycles. The maximum absolute atomic E-state index is 12.3. The third-order valence-corrected chi connectivity index (χ3v) is 4.69. The van der Waals surface area contributed by atoms with Gasteiger partial charge in [-0.05, 0) is 70.6 Å². The van der Waals surface area contributed by atoms with Gasteiger partial charge in [0.1, 0.15) is 0 Å². The predicted octanol–water partition coefficient (Wildman–Crippen LogP) is 4.62. The highest BCUT2D eigenvalue weighted by Gasteiger charge is 2.24. The lowest BCUT2D eigenvalue weighted by Gasteiger charge is -2.30. The third kappa shape index (κ3) is 4.12. The van der Waals surface area contributed by atoms with Gasteiger partial charge >= 0.3 is 0 Å². The molecule has 25 heavy (non-hydrogen) atoms. The van der Waals surface area contributed by atoms with Gasteiger partial charge in [-0.25, -0.2) is 0 Å². The largest absolute Gasteiger partial charge is 0.444 e. The fourth-order valence-corrected chi connectivity index (χ4v) is 3.21. The molecule has 0 unspecified atom stereocenters. The molecule has 0 radical (unpaired) electrons. The number of carbonyl (C=O) groups excluding carboxylic acids is 2. The Morgan fingerprint density at radius 2 is 2.08 bits per heavy atom. The van der Waals surface area contributed by atoms with Gasteiger partial charge in [0.15, 0.2) is 10.4 Å². The zero-order valence-electron chi connectivity index (χ0n) is 14.3. The van der Waals surface area contributed by atoms with Crippen molar-refractivity contribution < 1.29 is 14.0 Å². The van der Waals surface area contributed by atoms with Gasteiger partial charge in [-0.1, -0.05) is 13.8 Å². The van der Waals surface area contributed by atoms with E-state index in [2.05, 4.69) is 35.1 Å². The van der Waals surface area contributed by atoms with Crippen LogP contribution in [0.3, 0.4) is 0 Å². The van der Waals surface area contributed by atoms with Gasteiger partial charge in [0.2, 0.25) is 5.91 Å². The van der Waals surface area contributed by atoms with Crippen molar-refractivity contribution in [3.63, 3.8) is 0 Å². The topological polar surface area (TPSA) is 62.6 Å². The molecule has 6 heteroatoms. The van der Waals surface area contributed by atoms with Crippen LogP contribution in [-0.2, 0) is 11.2 Å². The number of carbonyl (C=O) groups is 2. The molecule has 0 saturated carbocycles. The molecule has 2 heterocycles. The second kappa shape index (κ2) is 7.44.